The molecule has 13 heavy (non-hydrogen) atoms. The van der Waals surface area contributed by atoms with Gasteiger partial charge >= 0.3 is 6.03 Å². The maximum atomic E-state index is 11.2. The van der Waals surface area contributed by atoms with Crippen LogP contribution in [0.4, 0.5) is 4.79 Å². The van der Waals surface area contributed by atoms with Crippen molar-refractivity contribution in [3.05, 3.63) is 10.8 Å². The van der Waals surface area contributed by atoms with Crippen LogP contribution in [0.3, 0.4) is 0 Å². The third-order valence-corrected chi connectivity index (χ3v) is 3.39. The molecule has 1 saturated heterocycles. The number of rotatable bonds is 0. The molecule has 2 amide bonds. The number of hydrogen-bond donors (Lipinski definition) is 1. The summed E-state index contributed by atoms with van der Waals surface area (Å²) in [5.74, 6) is 0.156. The van der Waals surface area contributed by atoms with Gasteiger partial charge in [0.05, 0.1) is 6.54 Å². The predicted octanol–water partition coefficient (Wildman–Crippen LogP) is -0.439. The minimum atomic E-state index is -3.65. The fourth-order valence-electron chi connectivity index (χ4n) is 1.26. The first kappa shape index (κ1) is 8.36. The standard InChI is InChI=1S/C6H8N2O4S/c1-4-5-8(2-3-12-5)6(9)7-13(4,10)11/h2-3H2,1H3,(H,7,9). The summed E-state index contributed by atoms with van der Waals surface area (Å²) in [6.45, 7) is 2.14. The van der Waals surface area contributed by atoms with Crippen molar-refractivity contribution in [3.8, 4) is 0 Å². The van der Waals surface area contributed by atoms with Gasteiger partial charge in [-0.1, -0.05) is 0 Å². The molecular weight excluding hydrogens is 196 g/mol. The fraction of sp³-hybridized carbons (Fsp3) is 0.500. The highest BCUT2D eigenvalue weighted by atomic mass is 32.2. The minimum Gasteiger partial charge on any atom is -0.476 e. The fourth-order valence-corrected chi connectivity index (χ4v) is 2.15. The van der Waals surface area contributed by atoms with Crippen LogP contribution < -0.4 is 4.72 Å². The second-order valence-electron chi connectivity index (χ2n) is 2.77. The lowest BCUT2D eigenvalue weighted by Crippen LogP contribution is -2.45. The summed E-state index contributed by atoms with van der Waals surface area (Å²) in [4.78, 5) is 12.5. The van der Waals surface area contributed by atoms with Crippen LogP contribution in [0.15, 0.2) is 10.8 Å². The Balaban J connectivity index is 2.59. The first-order chi connectivity index (χ1) is 6.02. The van der Waals surface area contributed by atoms with Gasteiger partial charge < -0.3 is 4.74 Å². The summed E-state index contributed by atoms with van der Waals surface area (Å²) in [7, 11) is -3.65. The maximum Gasteiger partial charge on any atom is 0.338 e. The highest BCUT2D eigenvalue weighted by Crippen LogP contribution is 2.25. The molecule has 1 fully saturated rings. The zero-order valence-electron chi connectivity index (χ0n) is 6.90. The molecule has 2 aliphatic rings. The van der Waals surface area contributed by atoms with Crippen molar-refractivity contribution in [2.24, 2.45) is 0 Å². The van der Waals surface area contributed by atoms with E-state index in [1.807, 2.05) is 4.72 Å². The number of sulfonamides is 1. The molecule has 2 rings (SSSR count). The van der Waals surface area contributed by atoms with Gasteiger partial charge in [0, 0.05) is 0 Å². The summed E-state index contributed by atoms with van der Waals surface area (Å²) in [6.07, 6.45) is 0. The Morgan fingerprint density at radius 1 is 1.54 bits per heavy atom. The Morgan fingerprint density at radius 2 is 2.23 bits per heavy atom. The SMILES string of the molecule is CC1=C2OCCN2C(=O)NS1(=O)=O. The van der Waals surface area contributed by atoms with E-state index in [9.17, 15) is 13.2 Å². The zero-order chi connectivity index (χ0) is 9.64. The van der Waals surface area contributed by atoms with Crippen LogP contribution in [0.25, 0.3) is 0 Å². The number of nitrogens with zero attached hydrogens (tertiary/aromatic N) is 1. The molecule has 0 spiro atoms. The predicted molar refractivity (Wildman–Crippen MR) is 42.8 cm³/mol. The largest absolute Gasteiger partial charge is 0.476 e. The number of fused-ring (bicyclic) bond motifs is 1. The normalized spacial score (nSPS) is 25.3. The van der Waals surface area contributed by atoms with Crippen molar-refractivity contribution in [1.82, 2.24) is 9.62 Å². The van der Waals surface area contributed by atoms with Crippen LogP contribution in [-0.4, -0.2) is 32.5 Å². The Bertz CT molecular complexity index is 397. The molecule has 2 aliphatic heterocycles. The van der Waals surface area contributed by atoms with Crippen LogP contribution in [0.2, 0.25) is 0 Å². The minimum absolute atomic E-state index is 0.0598. The van der Waals surface area contributed by atoms with Gasteiger partial charge in [-0.2, -0.15) is 0 Å². The molecule has 0 aliphatic carbocycles. The van der Waals surface area contributed by atoms with Gasteiger partial charge in [-0.3, -0.25) is 4.90 Å². The second kappa shape index (κ2) is 2.38. The first-order valence-corrected chi connectivity index (χ1v) is 5.19. The van der Waals surface area contributed by atoms with Crippen molar-refractivity contribution < 1.29 is 17.9 Å². The van der Waals surface area contributed by atoms with Crippen LogP contribution in [-0.2, 0) is 14.8 Å². The smallest absolute Gasteiger partial charge is 0.338 e. The quantitative estimate of drug-likeness (QED) is 0.580. The lowest BCUT2D eigenvalue weighted by molar-refractivity contribution is 0.203. The van der Waals surface area contributed by atoms with E-state index in [2.05, 4.69) is 0 Å². The van der Waals surface area contributed by atoms with Crippen molar-refractivity contribution >= 4 is 16.1 Å². The molecule has 6 nitrogen and oxygen atoms in total. The summed E-state index contributed by atoms with van der Waals surface area (Å²) in [6, 6.07) is -0.641. The number of carbonyl (C=O) groups excluding carboxylic acids is 1. The van der Waals surface area contributed by atoms with E-state index >= 15 is 0 Å². The zero-order valence-corrected chi connectivity index (χ0v) is 7.72. The van der Waals surface area contributed by atoms with Gasteiger partial charge in [-0.15, -0.1) is 0 Å². The Labute approximate surface area is 75.2 Å². The molecule has 0 bridgehead atoms. The molecule has 0 unspecified atom stereocenters. The van der Waals surface area contributed by atoms with Crippen LogP contribution in [0.1, 0.15) is 6.92 Å². The van der Waals surface area contributed by atoms with Crippen molar-refractivity contribution in [2.75, 3.05) is 13.2 Å². The van der Waals surface area contributed by atoms with Gasteiger partial charge in [0.25, 0.3) is 10.0 Å². The highest BCUT2D eigenvalue weighted by molar-refractivity contribution is 7.94. The number of urea groups is 1. The van der Waals surface area contributed by atoms with E-state index in [1.165, 1.54) is 11.8 Å². The highest BCUT2D eigenvalue weighted by Gasteiger charge is 2.38. The van der Waals surface area contributed by atoms with Crippen molar-refractivity contribution in [2.45, 2.75) is 6.92 Å². The molecule has 0 aromatic carbocycles. The number of ether oxygens (including phenoxy) is 1. The third kappa shape index (κ3) is 1.07. The van der Waals surface area contributed by atoms with Gasteiger partial charge in [0.1, 0.15) is 11.5 Å². The summed E-state index contributed by atoms with van der Waals surface area (Å²) in [5.41, 5.74) is 0. The number of allylic oxidation sites excluding steroid dienone is 1. The third-order valence-electron chi connectivity index (χ3n) is 1.97. The number of carbonyl (C=O) groups is 1. The molecular formula is C6H8N2O4S. The van der Waals surface area contributed by atoms with E-state index in [0.29, 0.717) is 13.2 Å². The monoisotopic (exact) mass is 204 g/mol. The number of hydrogen-bond acceptors (Lipinski definition) is 4. The van der Waals surface area contributed by atoms with E-state index in [4.69, 9.17) is 4.74 Å². The van der Waals surface area contributed by atoms with Gasteiger partial charge in [0.15, 0.2) is 0 Å². The van der Waals surface area contributed by atoms with Gasteiger partial charge in [-0.05, 0) is 6.92 Å². The second-order valence-corrected chi connectivity index (χ2v) is 4.60. The Hall–Kier alpha value is -1.24. The molecule has 0 atom stereocenters. The summed E-state index contributed by atoms with van der Waals surface area (Å²) in [5, 5.41) is 0. The Morgan fingerprint density at radius 3 is 2.92 bits per heavy atom. The number of nitrogens with one attached hydrogen (secondary N) is 1. The molecule has 0 radical (unpaired) electrons. The van der Waals surface area contributed by atoms with Crippen LogP contribution in [0.5, 0.6) is 0 Å². The molecule has 0 saturated carbocycles. The summed E-state index contributed by atoms with van der Waals surface area (Å²) >= 11 is 0. The molecule has 72 valence electrons. The number of amides is 2. The van der Waals surface area contributed by atoms with Gasteiger partial charge in [-0.25, -0.2) is 17.9 Å². The lowest BCUT2D eigenvalue weighted by Gasteiger charge is -2.22. The molecule has 0 aromatic rings. The molecule has 0 aromatic heterocycles. The Kier molecular flexibility index (Phi) is 1.53. The summed E-state index contributed by atoms with van der Waals surface area (Å²) < 4.78 is 29.4. The molecule has 1 N–H and O–H groups in total. The average molecular weight is 204 g/mol. The van der Waals surface area contributed by atoms with E-state index < -0.39 is 16.1 Å². The first-order valence-electron chi connectivity index (χ1n) is 3.70. The van der Waals surface area contributed by atoms with Crippen molar-refractivity contribution in [3.63, 3.8) is 0 Å². The van der Waals surface area contributed by atoms with Crippen LogP contribution in [0, 0.1) is 0 Å². The molecule has 2 heterocycles. The van der Waals surface area contributed by atoms with E-state index in [0.717, 1.165) is 0 Å². The lowest BCUT2D eigenvalue weighted by atomic mass is 10.5. The van der Waals surface area contributed by atoms with Crippen LogP contribution >= 0.6 is 0 Å². The molecule has 7 heteroatoms. The average Bonchev–Trinajstić information content (AvgIpc) is 2.47. The van der Waals surface area contributed by atoms with E-state index in [-0.39, 0.29) is 10.8 Å². The topological polar surface area (TPSA) is 75.7 Å². The van der Waals surface area contributed by atoms with Gasteiger partial charge in [0.2, 0.25) is 5.88 Å². The maximum absolute atomic E-state index is 11.2. The van der Waals surface area contributed by atoms with Crippen molar-refractivity contribution in [1.29, 1.82) is 0 Å². The van der Waals surface area contributed by atoms with E-state index in [1.54, 1.807) is 0 Å².